The second-order valence-electron chi connectivity index (χ2n) is 5.85. The summed E-state index contributed by atoms with van der Waals surface area (Å²) in [5.74, 6) is 0.816. The molecule has 5 nitrogen and oxygen atoms in total. The largest absolute Gasteiger partial charge is 0.370 e. The van der Waals surface area contributed by atoms with Crippen LogP contribution in [0.4, 0.5) is 5.69 Å². The van der Waals surface area contributed by atoms with Gasteiger partial charge in [0.2, 0.25) is 0 Å². The van der Waals surface area contributed by atoms with Crippen molar-refractivity contribution in [2.45, 2.75) is 45.6 Å². The van der Waals surface area contributed by atoms with Crippen molar-refractivity contribution in [2.24, 2.45) is 10.7 Å². The van der Waals surface area contributed by atoms with E-state index in [0.717, 1.165) is 22.1 Å². The topological polar surface area (TPSA) is 76.2 Å². The molecule has 0 amide bonds. The Bertz CT molecular complexity index is 690. The number of nitrogens with one attached hydrogen (secondary N) is 1. The number of nitrogens with zero attached hydrogens (tertiary/aromatic N) is 3. The first kappa shape index (κ1) is 15.0. The number of rotatable bonds is 4. The lowest BCUT2D eigenvalue weighted by atomic mass is 10.1. The highest BCUT2D eigenvalue weighted by molar-refractivity contribution is 7.11. The molecule has 2 aromatic rings. The van der Waals surface area contributed by atoms with Crippen LogP contribution in [-0.4, -0.2) is 16.2 Å². The van der Waals surface area contributed by atoms with E-state index in [9.17, 15) is 0 Å². The second kappa shape index (κ2) is 6.44. The van der Waals surface area contributed by atoms with E-state index in [0.29, 0.717) is 18.4 Å². The van der Waals surface area contributed by atoms with E-state index in [2.05, 4.69) is 52.6 Å². The summed E-state index contributed by atoms with van der Waals surface area (Å²) in [6.07, 6.45) is 3.59. The van der Waals surface area contributed by atoms with E-state index >= 15 is 0 Å². The quantitative estimate of drug-likeness (QED) is 0.671. The molecule has 0 fully saturated rings. The van der Waals surface area contributed by atoms with Crippen LogP contribution in [0.3, 0.4) is 0 Å². The Balaban J connectivity index is 1.62. The fraction of sp³-hybridized carbons (Fsp3) is 0.438. The summed E-state index contributed by atoms with van der Waals surface area (Å²) in [4.78, 5) is 4.35. The molecule has 0 aliphatic heterocycles. The molecule has 1 aromatic heterocycles. The van der Waals surface area contributed by atoms with Crippen LogP contribution in [-0.2, 0) is 19.4 Å². The molecule has 6 heteroatoms. The minimum absolute atomic E-state index is 0.400. The van der Waals surface area contributed by atoms with Crippen molar-refractivity contribution in [2.75, 3.05) is 5.32 Å². The van der Waals surface area contributed by atoms with Crippen LogP contribution in [0.2, 0.25) is 0 Å². The van der Waals surface area contributed by atoms with E-state index in [-0.39, 0.29) is 0 Å². The van der Waals surface area contributed by atoms with E-state index in [1.165, 1.54) is 24.0 Å². The van der Waals surface area contributed by atoms with Crippen LogP contribution >= 0.6 is 11.3 Å². The van der Waals surface area contributed by atoms with Gasteiger partial charge in [-0.05, 0) is 42.5 Å². The zero-order valence-corrected chi connectivity index (χ0v) is 13.8. The standard InChI is InChI=1S/C16H21N5S/c1-10(2)15-21-20-14(22-15)9-18-16(17)19-13-7-6-11-4-3-5-12(11)8-13/h6-8,10H,3-5,9H2,1-2H3,(H3,17,18,19). The minimum atomic E-state index is 0.400. The predicted octanol–water partition coefficient (Wildman–Crippen LogP) is 3.08. The van der Waals surface area contributed by atoms with E-state index < -0.39 is 0 Å². The highest BCUT2D eigenvalue weighted by Crippen LogP contribution is 2.24. The lowest BCUT2D eigenvalue weighted by Gasteiger charge is -2.07. The number of hydrogen-bond acceptors (Lipinski definition) is 4. The van der Waals surface area contributed by atoms with Gasteiger partial charge in [0.15, 0.2) is 5.96 Å². The Morgan fingerprint density at radius 3 is 2.91 bits per heavy atom. The van der Waals surface area contributed by atoms with Gasteiger partial charge in [-0.2, -0.15) is 0 Å². The Hall–Kier alpha value is -1.95. The maximum absolute atomic E-state index is 5.96. The molecule has 0 saturated carbocycles. The lowest BCUT2D eigenvalue weighted by Crippen LogP contribution is -2.22. The Morgan fingerprint density at radius 2 is 2.14 bits per heavy atom. The Morgan fingerprint density at radius 1 is 1.32 bits per heavy atom. The van der Waals surface area contributed by atoms with Crippen molar-refractivity contribution in [3.8, 4) is 0 Å². The van der Waals surface area contributed by atoms with Gasteiger partial charge in [0, 0.05) is 11.6 Å². The van der Waals surface area contributed by atoms with Crippen molar-refractivity contribution < 1.29 is 0 Å². The number of fused-ring (bicyclic) bond motifs is 1. The van der Waals surface area contributed by atoms with Gasteiger partial charge in [-0.25, -0.2) is 4.99 Å². The minimum Gasteiger partial charge on any atom is -0.370 e. The van der Waals surface area contributed by atoms with Crippen LogP contribution < -0.4 is 11.1 Å². The third kappa shape index (κ3) is 3.44. The number of aliphatic imine (C=N–C) groups is 1. The molecule has 0 bridgehead atoms. The van der Waals surface area contributed by atoms with Crippen molar-refractivity contribution in [1.29, 1.82) is 0 Å². The van der Waals surface area contributed by atoms with Crippen molar-refractivity contribution in [3.63, 3.8) is 0 Å². The molecule has 1 aliphatic carbocycles. The van der Waals surface area contributed by atoms with Gasteiger partial charge in [0.05, 0.1) is 6.54 Å². The molecule has 0 spiro atoms. The molecule has 1 aromatic carbocycles. The molecule has 0 atom stereocenters. The third-order valence-corrected chi connectivity index (χ3v) is 4.94. The van der Waals surface area contributed by atoms with Crippen LogP contribution in [0, 0.1) is 0 Å². The first-order valence-corrected chi connectivity index (χ1v) is 8.44. The summed E-state index contributed by atoms with van der Waals surface area (Å²) in [5, 5.41) is 13.4. The maximum Gasteiger partial charge on any atom is 0.193 e. The van der Waals surface area contributed by atoms with Crippen molar-refractivity contribution in [3.05, 3.63) is 39.3 Å². The van der Waals surface area contributed by atoms with Crippen LogP contribution in [0.25, 0.3) is 0 Å². The van der Waals surface area contributed by atoms with Gasteiger partial charge in [-0.1, -0.05) is 31.3 Å². The van der Waals surface area contributed by atoms with E-state index in [1.807, 2.05) is 0 Å². The van der Waals surface area contributed by atoms with Crippen molar-refractivity contribution in [1.82, 2.24) is 10.2 Å². The van der Waals surface area contributed by atoms with Gasteiger partial charge in [-0.3, -0.25) is 0 Å². The van der Waals surface area contributed by atoms with Gasteiger partial charge in [0.1, 0.15) is 10.0 Å². The van der Waals surface area contributed by atoms with Crippen LogP contribution in [0.5, 0.6) is 0 Å². The van der Waals surface area contributed by atoms with Gasteiger partial charge >= 0.3 is 0 Å². The fourth-order valence-electron chi connectivity index (χ4n) is 2.55. The summed E-state index contributed by atoms with van der Waals surface area (Å²) in [5.41, 5.74) is 9.84. The molecule has 3 N–H and O–H groups in total. The number of benzene rings is 1. The fourth-order valence-corrected chi connectivity index (χ4v) is 3.32. The molecule has 0 saturated heterocycles. The number of aryl methyl sites for hydroxylation is 2. The Kier molecular flexibility index (Phi) is 4.38. The van der Waals surface area contributed by atoms with E-state index in [1.54, 1.807) is 11.3 Å². The average molecular weight is 315 g/mol. The molecule has 1 heterocycles. The molecule has 1 aliphatic rings. The molecule has 22 heavy (non-hydrogen) atoms. The zero-order valence-electron chi connectivity index (χ0n) is 13.0. The zero-order chi connectivity index (χ0) is 15.5. The highest BCUT2D eigenvalue weighted by atomic mass is 32.1. The summed E-state index contributed by atoms with van der Waals surface area (Å²) >= 11 is 1.59. The lowest BCUT2D eigenvalue weighted by molar-refractivity contribution is 0.816. The summed E-state index contributed by atoms with van der Waals surface area (Å²) in [6, 6.07) is 6.42. The molecule has 0 unspecified atom stereocenters. The summed E-state index contributed by atoms with van der Waals surface area (Å²) in [7, 11) is 0. The molecule has 3 rings (SSSR count). The molecule has 116 valence electrons. The number of aromatic nitrogens is 2. The average Bonchev–Trinajstić information content (AvgIpc) is 3.13. The first-order chi connectivity index (χ1) is 10.6. The first-order valence-electron chi connectivity index (χ1n) is 7.63. The predicted molar refractivity (Wildman–Crippen MR) is 91.4 cm³/mol. The normalized spacial score (nSPS) is 14.4. The van der Waals surface area contributed by atoms with Crippen molar-refractivity contribution >= 4 is 23.0 Å². The van der Waals surface area contributed by atoms with Crippen LogP contribution in [0.15, 0.2) is 23.2 Å². The number of hydrogen-bond donors (Lipinski definition) is 2. The molecular formula is C16H21N5S. The SMILES string of the molecule is CC(C)c1nnc(CN=C(N)Nc2ccc3c(c2)CCC3)s1. The molecular weight excluding hydrogens is 294 g/mol. The summed E-state index contributed by atoms with van der Waals surface area (Å²) < 4.78 is 0. The van der Waals surface area contributed by atoms with Crippen LogP contribution in [0.1, 0.15) is 47.3 Å². The van der Waals surface area contributed by atoms with E-state index in [4.69, 9.17) is 5.73 Å². The highest BCUT2D eigenvalue weighted by Gasteiger charge is 2.11. The number of guanidine groups is 1. The number of anilines is 1. The van der Waals surface area contributed by atoms with Gasteiger partial charge < -0.3 is 11.1 Å². The smallest absolute Gasteiger partial charge is 0.193 e. The molecule has 0 radical (unpaired) electrons. The second-order valence-corrected chi connectivity index (χ2v) is 6.95. The third-order valence-electron chi connectivity index (χ3n) is 3.73. The van der Waals surface area contributed by atoms with Gasteiger partial charge in [-0.15, -0.1) is 10.2 Å². The van der Waals surface area contributed by atoms with Gasteiger partial charge in [0.25, 0.3) is 0 Å². The summed E-state index contributed by atoms with van der Waals surface area (Å²) in [6.45, 7) is 4.68. The number of nitrogens with two attached hydrogens (primary N) is 1. The Labute approximate surface area is 134 Å². The maximum atomic E-state index is 5.96. The monoisotopic (exact) mass is 315 g/mol.